The summed E-state index contributed by atoms with van der Waals surface area (Å²) in [7, 11) is -4.27. The van der Waals surface area contributed by atoms with Gasteiger partial charge >= 0.3 is 5.97 Å². The third kappa shape index (κ3) is 5.48. The Morgan fingerprint density at radius 1 is 1.00 bits per heavy atom. The van der Waals surface area contributed by atoms with E-state index < -0.39 is 33.8 Å². The predicted molar refractivity (Wildman–Crippen MR) is 148 cm³/mol. The number of aryl methyl sites for hydroxylation is 2. The van der Waals surface area contributed by atoms with Gasteiger partial charge < -0.3 is 4.74 Å². The summed E-state index contributed by atoms with van der Waals surface area (Å²) in [5.74, 6) is -1.46. The van der Waals surface area contributed by atoms with Gasteiger partial charge in [0, 0.05) is 18.5 Å². The van der Waals surface area contributed by atoms with Crippen molar-refractivity contribution in [2.45, 2.75) is 58.5 Å². The highest BCUT2D eigenvalue weighted by Gasteiger charge is 2.47. The fraction of sp³-hybridized carbons (Fsp3) is 0.276. The average molecular weight is 569 g/mol. The van der Waals surface area contributed by atoms with Crippen LogP contribution in [0, 0.1) is 27.7 Å². The van der Waals surface area contributed by atoms with Crippen LogP contribution in [0.25, 0.3) is 0 Å². The van der Waals surface area contributed by atoms with Gasteiger partial charge in [-0.15, -0.1) is 0 Å². The van der Waals surface area contributed by atoms with Crippen LogP contribution in [0.2, 0.25) is 5.02 Å². The Kier molecular flexibility index (Phi) is 7.97. The second-order valence-electron chi connectivity index (χ2n) is 9.61. The van der Waals surface area contributed by atoms with Gasteiger partial charge in [0.2, 0.25) is 15.9 Å². The summed E-state index contributed by atoms with van der Waals surface area (Å²) in [6, 6.07) is 13.3. The Balaban J connectivity index is 1.81. The Bertz CT molecular complexity index is 1560. The number of sulfonamides is 1. The van der Waals surface area contributed by atoms with Crippen molar-refractivity contribution in [1.82, 2.24) is 4.31 Å². The second kappa shape index (κ2) is 10.9. The zero-order valence-electron chi connectivity index (χ0n) is 22.3. The molecule has 1 heterocycles. The third-order valence-electron chi connectivity index (χ3n) is 6.97. The third-order valence-corrected chi connectivity index (χ3v) is 9.47. The Morgan fingerprint density at radius 2 is 1.59 bits per heavy atom. The molecule has 10 heteroatoms. The van der Waals surface area contributed by atoms with Gasteiger partial charge in [0.1, 0.15) is 11.8 Å². The first-order valence-corrected chi connectivity index (χ1v) is 14.1. The van der Waals surface area contributed by atoms with Gasteiger partial charge in [-0.2, -0.15) is 4.31 Å². The molecule has 1 unspecified atom stereocenters. The number of anilines is 1. The van der Waals surface area contributed by atoms with Crippen LogP contribution >= 0.6 is 11.6 Å². The van der Waals surface area contributed by atoms with Crippen LogP contribution in [0.4, 0.5) is 5.69 Å². The lowest BCUT2D eigenvalue weighted by molar-refractivity contribution is -0.132. The van der Waals surface area contributed by atoms with Crippen molar-refractivity contribution in [3.63, 3.8) is 0 Å². The van der Waals surface area contributed by atoms with Crippen LogP contribution in [0.15, 0.2) is 59.5 Å². The van der Waals surface area contributed by atoms with E-state index >= 15 is 0 Å². The van der Waals surface area contributed by atoms with Crippen LogP contribution in [0.5, 0.6) is 5.75 Å². The normalized spacial score (nSPS) is 15.8. The summed E-state index contributed by atoms with van der Waals surface area (Å²) in [4.78, 5) is 39.2. The van der Waals surface area contributed by atoms with Gasteiger partial charge in [-0.1, -0.05) is 35.9 Å². The quantitative estimate of drug-likeness (QED) is 0.225. The first kappa shape index (κ1) is 28.5. The molecule has 39 heavy (non-hydrogen) atoms. The number of esters is 1. The van der Waals surface area contributed by atoms with Crippen molar-refractivity contribution in [3.8, 4) is 5.75 Å². The zero-order chi connectivity index (χ0) is 28.6. The molecule has 2 amide bonds. The lowest BCUT2D eigenvalue weighted by atomic mass is 10.0. The van der Waals surface area contributed by atoms with E-state index in [1.807, 2.05) is 19.9 Å². The fourth-order valence-corrected chi connectivity index (χ4v) is 7.12. The van der Waals surface area contributed by atoms with Crippen molar-refractivity contribution in [2.24, 2.45) is 0 Å². The highest BCUT2D eigenvalue weighted by atomic mass is 35.5. The van der Waals surface area contributed by atoms with Crippen molar-refractivity contribution >= 4 is 45.1 Å². The number of nitrogens with zero attached hydrogens (tertiary/aromatic N) is 2. The molecule has 0 N–H and O–H groups in total. The van der Waals surface area contributed by atoms with E-state index in [9.17, 15) is 22.8 Å². The predicted octanol–water partition coefficient (Wildman–Crippen LogP) is 5.02. The van der Waals surface area contributed by atoms with Crippen LogP contribution in [0.1, 0.15) is 41.2 Å². The van der Waals surface area contributed by atoms with E-state index in [0.29, 0.717) is 21.7 Å². The number of ether oxygens (including phenoxy) is 1. The van der Waals surface area contributed by atoms with Crippen LogP contribution in [-0.4, -0.2) is 36.5 Å². The van der Waals surface area contributed by atoms with E-state index in [0.717, 1.165) is 20.3 Å². The van der Waals surface area contributed by atoms with Crippen molar-refractivity contribution in [1.29, 1.82) is 0 Å². The van der Waals surface area contributed by atoms with E-state index in [1.54, 1.807) is 38.1 Å². The van der Waals surface area contributed by atoms with Crippen molar-refractivity contribution < 1.29 is 27.5 Å². The molecule has 0 radical (unpaired) electrons. The molecule has 1 aliphatic heterocycles. The molecule has 1 aliphatic rings. The molecule has 204 valence electrons. The monoisotopic (exact) mass is 568 g/mol. The molecule has 0 spiro atoms. The largest absolute Gasteiger partial charge is 0.427 e. The molecule has 0 aromatic heterocycles. The number of halogens is 1. The Hall–Kier alpha value is -3.53. The summed E-state index contributed by atoms with van der Waals surface area (Å²) in [6.07, 6.45) is -0.336. The molecule has 1 fully saturated rings. The molecule has 4 rings (SSSR count). The summed E-state index contributed by atoms with van der Waals surface area (Å²) in [6.45, 7) is 8.22. The minimum Gasteiger partial charge on any atom is -0.427 e. The molecule has 8 nitrogen and oxygen atoms in total. The highest BCUT2D eigenvalue weighted by molar-refractivity contribution is 7.89. The van der Waals surface area contributed by atoms with Gasteiger partial charge in [0.05, 0.1) is 17.0 Å². The lowest BCUT2D eigenvalue weighted by Crippen LogP contribution is -2.45. The van der Waals surface area contributed by atoms with E-state index in [4.69, 9.17) is 16.3 Å². The number of imide groups is 1. The van der Waals surface area contributed by atoms with Gasteiger partial charge in [-0.25, -0.2) is 13.3 Å². The van der Waals surface area contributed by atoms with Gasteiger partial charge in [0.15, 0.2) is 0 Å². The number of benzene rings is 3. The van der Waals surface area contributed by atoms with Gasteiger partial charge in [0.25, 0.3) is 5.91 Å². The van der Waals surface area contributed by atoms with Crippen molar-refractivity contribution in [2.75, 3.05) is 4.90 Å². The smallest absolute Gasteiger partial charge is 0.308 e. The van der Waals surface area contributed by atoms with E-state index in [-0.39, 0.29) is 29.3 Å². The van der Waals surface area contributed by atoms with Gasteiger partial charge in [-0.05, 0) is 85.8 Å². The molecule has 0 aliphatic carbocycles. The molecule has 3 aromatic rings. The standard InChI is InChI=1S/C29H29ClN2O6S/c1-17-14-18(2)20(4)28(19(17)3)39(36,37)31(16-22-8-6-7-9-25(22)30)26-15-27(34)32(29(26)35)23-10-12-24(13-11-23)38-21(5)33/h6-14,26H,15-16H2,1-5H3. The number of hydrogen-bond donors (Lipinski definition) is 0. The molecule has 0 bridgehead atoms. The second-order valence-corrected chi connectivity index (χ2v) is 11.8. The first-order chi connectivity index (χ1) is 18.3. The Labute approximate surface area is 233 Å². The minimum absolute atomic E-state index is 0.122. The molecule has 1 saturated heterocycles. The van der Waals surface area contributed by atoms with Crippen molar-refractivity contribution in [3.05, 3.63) is 87.4 Å². The van der Waals surface area contributed by atoms with Crippen LogP contribution in [0.3, 0.4) is 0 Å². The molecule has 3 aromatic carbocycles. The average Bonchev–Trinajstić information content (AvgIpc) is 3.15. The number of amides is 2. The van der Waals surface area contributed by atoms with E-state index in [1.165, 1.54) is 31.2 Å². The van der Waals surface area contributed by atoms with Gasteiger partial charge in [-0.3, -0.25) is 14.4 Å². The Morgan fingerprint density at radius 3 is 2.15 bits per heavy atom. The van der Waals surface area contributed by atoms with Crippen LogP contribution in [-0.2, 0) is 31.0 Å². The number of rotatable bonds is 7. The lowest BCUT2D eigenvalue weighted by Gasteiger charge is -2.29. The summed E-state index contributed by atoms with van der Waals surface area (Å²) >= 11 is 6.40. The minimum atomic E-state index is -4.27. The maximum atomic E-state index is 14.4. The molecule has 0 saturated carbocycles. The topological polar surface area (TPSA) is 101 Å². The molecular weight excluding hydrogens is 540 g/mol. The maximum absolute atomic E-state index is 14.4. The highest BCUT2D eigenvalue weighted by Crippen LogP contribution is 2.35. The first-order valence-electron chi connectivity index (χ1n) is 12.3. The summed E-state index contributed by atoms with van der Waals surface area (Å²) < 4.78 is 34.9. The number of hydrogen-bond acceptors (Lipinski definition) is 6. The number of carbonyl (C=O) groups is 3. The van der Waals surface area contributed by atoms with Crippen LogP contribution < -0.4 is 9.64 Å². The number of carbonyl (C=O) groups excluding carboxylic acids is 3. The SMILES string of the molecule is CC(=O)Oc1ccc(N2C(=O)CC(N(Cc3ccccc3Cl)S(=O)(=O)c3c(C)c(C)cc(C)c3C)C2=O)cc1. The zero-order valence-corrected chi connectivity index (χ0v) is 23.9. The summed E-state index contributed by atoms with van der Waals surface area (Å²) in [5.41, 5.74) is 3.52. The maximum Gasteiger partial charge on any atom is 0.308 e. The van der Waals surface area contributed by atoms with E-state index in [2.05, 4.69) is 0 Å². The fourth-order valence-electron chi connectivity index (χ4n) is 4.78. The summed E-state index contributed by atoms with van der Waals surface area (Å²) in [5, 5.41) is 0.348. The molecular formula is C29H29ClN2O6S. The molecule has 1 atom stereocenters.